The molecule has 2 amide bonds. The third-order valence-electron chi connectivity index (χ3n) is 7.33. The van der Waals surface area contributed by atoms with Crippen LogP contribution in [0.3, 0.4) is 0 Å². The van der Waals surface area contributed by atoms with Gasteiger partial charge < -0.3 is 10.2 Å². The van der Waals surface area contributed by atoms with E-state index in [0.717, 1.165) is 55.1 Å². The molecular formula is C25H23ClF4N2O2. The summed E-state index contributed by atoms with van der Waals surface area (Å²) in [6.07, 6.45) is -0.255. The molecule has 2 fully saturated rings. The van der Waals surface area contributed by atoms with E-state index < -0.39 is 23.1 Å². The van der Waals surface area contributed by atoms with E-state index in [9.17, 15) is 27.2 Å². The first-order valence-electron chi connectivity index (χ1n) is 11.4. The van der Waals surface area contributed by atoms with Gasteiger partial charge in [-0.2, -0.15) is 13.2 Å². The van der Waals surface area contributed by atoms with E-state index >= 15 is 0 Å². The molecule has 1 N–H and O–H groups in total. The quantitative estimate of drug-likeness (QED) is 0.541. The Kier molecular flexibility index (Phi) is 5.62. The number of amides is 2. The molecule has 9 heteroatoms. The summed E-state index contributed by atoms with van der Waals surface area (Å²) in [7, 11) is 0. The average molecular weight is 495 g/mol. The lowest BCUT2D eigenvalue weighted by molar-refractivity contribution is -0.137. The van der Waals surface area contributed by atoms with Crippen LogP contribution >= 0.6 is 11.6 Å². The molecule has 4 nitrogen and oxygen atoms in total. The Morgan fingerprint density at radius 2 is 1.79 bits per heavy atom. The van der Waals surface area contributed by atoms with E-state index in [4.69, 9.17) is 11.6 Å². The lowest BCUT2D eigenvalue weighted by Crippen LogP contribution is -2.41. The van der Waals surface area contributed by atoms with Gasteiger partial charge in [0, 0.05) is 18.3 Å². The fourth-order valence-corrected chi connectivity index (χ4v) is 5.49. The Morgan fingerprint density at radius 3 is 2.44 bits per heavy atom. The van der Waals surface area contributed by atoms with Gasteiger partial charge in [-0.25, -0.2) is 4.39 Å². The molecule has 0 bridgehead atoms. The van der Waals surface area contributed by atoms with Gasteiger partial charge in [0.05, 0.1) is 21.6 Å². The minimum absolute atomic E-state index is 0.0316. The number of halogens is 5. The van der Waals surface area contributed by atoms with Crippen LogP contribution in [0, 0.1) is 11.7 Å². The lowest BCUT2D eigenvalue weighted by atomic mass is 9.85. The molecule has 2 saturated carbocycles. The first-order valence-corrected chi connectivity index (χ1v) is 11.8. The smallest absolute Gasteiger partial charge is 0.349 e. The van der Waals surface area contributed by atoms with Crippen LogP contribution in [0.4, 0.5) is 23.2 Å². The molecule has 0 radical (unpaired) electrons. The van der Waals surface area contributed by atoms with E-state index in [0.29, 0.717) is 19.4 Å². The maximum atomic E-state index is 13.8. The predicted octanol–water partition coefficient (Wildman–Crippen LogP) is 5.86. The molecule has 2 aromatic carbocycles. The molecule has 1 spiro atoms. The number of carbonyl (C=O) groups excluding carboxylic acids is 2. The summed E-state index contributed by atoms with van der Waals surface area (Å²) in [6, 6.07) is 7.07. The molecule has 0 aromatic heterocycles. The van der Waals surface area contributed by atoms with Crippen molar-refractivity contribution in [2.45, 2.75) is 56.2 Å². The lowest BCUT2D eigenvalue weighted by Gasteiger charge is -2.32. The van der Waals surface area contributed by atoms with Crippen LogP contribution in [0.1, 0.15) is 60.0 Å². The minimum Gasteiger partial charge on any atom is -0.349 e. The number of carbonyl (C=O) groups is 2. The van der Waals surface area contributed by atoms with Crippen LogP contribution in [0.2, 0.25) is 5.02 Å². The van der Waals surface area contributed by atoms with Crippen molar-refractivity contribution in [1.82, 2.24) is 5.32 Å². The second-order valence-corrected chi connectivity index (χ2v) is 9.95. The van der Waals surface area contributed by atoms with Crippen molar-refractivity contribution >= 4 is 29.1 Å². The van der Waals surface area contributed by atoms with Crippen molar-refractivity contribution in [3.63, 3.8) is 0 Å². The standard InChI is InChI=1S/C25H23ClF4N2O2/c26-20-7-3-15(25(28,29)30)11-18(20)22(33)31-17-5-1-14(2-6-17)13-32-21-8-4-16(27)12-19(21)24(9-10-24)23(32)34/h3-4,7-8,11-12,14,17H,1-2,5-6,9-10,13H2,(H,31,33). The molecule has 0 saturated heterocycles. The van der Waals surface area contributed by atoms with Crippen LogP contribution in [-0.2, 0) is 16.4 Å². The van der Waals surface area contributed by atoms with Gasteiger partial charge in [0.25, 0.3) is 5.91 Å². The zero-order valence-electron chi connectivity index (χ0n) is 18.2. The van der Waals surface area contributed by atoms with E-state index in [2.05, 4.69) is 5.32 Å². The molecule has 1 aliphatic heterocycles. The number of hydrogen-bond donors (Lipinski definition) is 1. The van der Waals surface area contributed by atoms with E-state index in [1.807, 2.05) is 0 Å². The van der Waals surface area contributed by atoms with Crippen molar-refractivity contribution in [3.8, 4) is 0 Å². The summed E-state index contributed by atoms with van der Waals surface area (Å²) in [5, 5.41) is 2.78. The monoisotopic (exact) mass is 494 g/mol. The summed E-state index contributed by atoms with van der Waals surface area (Å²) in [5.74, 6) is -0.693. The van der Waals surface area contributed by atoms with Crippen molar-refractivity contribution < 1.29 is 27.2 Å². The zero-order chi connectivity index (χ0) is 24.3. The van der Waals surface area contributed by atoms with Crippen molar-refractivity contribution in [2.24, 2.45) is 5.92 Å². The van der Waals surface area contributed by atoms with Crippen LogP contribution in [-0.4, -0.2) is 24.4 Å². The van der Waals surface area contributed by atoms with Gasteiger partial charge in [0.15, 0.2) is 0 Å². The number of alkyl halides is 3. The molecule has 0 atom stereocenters. The number of nitrogens with one attached hydrogen (secondary N) is 1. The molecule has 5 rings (SSSR count). The Morgan fingerprint density at radius 1 is 1.09 bits per heavy atom. The highest BCUT2D eigenvalue weighted by Gasteiger charge is 2.59. The average Bonchev–Trinajstić information content (AvgIpc) is 3.56. The molecule has 2 aromatic rings. The van der Waals surface area contributed by atoms with Gasteiger partial charge in [0.1, 0.15) is 5.82 Å². The van der Waals surface area contributed by atoms with Crippen LogP contribution in [0.25, 0.3) is 0 Å². The van der Waals surface area contributed by atoms with Crippen LogP contribution < -0.4 is 10.2 Å². The van der Waals surface area contributed by atoms with Crippen molar-refractivity contribution in [1.29, 1.82) is 0 Å². The normalized spacial score (nSPS) is 23.2. The van der Waals surface area contributed by atoms with E-state index in [1.54, 1.807) is 11.0 Å². The first kappa shape index (κ1) is 23.1. The first-order chi connectivity index (χ1) is 16.1. The van der Waals surface area contributed by atoms with Gasteiger partial charge in [-0.05, 0) is 86.4 Å². The van der Waals surface area contributed by atoms with E-state index in [-0.39, 0.29) is 34.3 Å². The number of hydrogen-bond acceptors (Lipinski definition) is 2. The van der Waals surface area contributed by atoms with Gasteiger partial charge in [-0.15, -0.1) is 0 Å². The third-order valence-corrected chi connectivity index (χ3v) is 7.66. The predicted molar refractivity (Wildman–Crippen MR) is 119 cm³/mol. The summed E-state index contributed by atoms with van der Waals surface area (Å²) >= 11 is 5.98. The number of rotatable bonds is 4. The molecule has 34 heavy (non-hydrogen) atoms. The van der Waals surface area contributed by atoms with Gasteiger partial charge in [-0.3, -0.25) is 9.59 Å². The Hall–Kier alpha value is -2.61. The number of benzene rings is 2. The Bertz CT molecular complexity index is 1150. The number of fused-ring (bicyclic) bond motifs is 2. The highest BCUT2D eigenvalue weighted by Crippen LogP contribution is 2.57. The maximum absolute atomic E-state index is 13.8. The van der Waals surface area contributed by atoms with Crippen molar-refractivity contribution in [2.75, 3.05) is 11.4 Å². The summed E-state index contributed by atoms with van der Waals surface area (Å²) in [4.78, 5) is 27.5. The minimum atomic E-state index is -4.56. The molecule has 1 heterocycles. The second-order valence-electron chi connectivity index (χ2n) is 9.54. The highest BCUT2D eigenvalue weighted by molar-refractivity contribution is 6.33. The summed E-state index contributed by atoms with van der Waals surface area (Å²) < 4.78 is 52.8. The molecule has 3 aliphatic rings. The SMILES string of the molecule is O=C(NC1CCC(CN2C(=O)C3(CC3)c3cc(F)ccc32)CC1)c1cc(C(F)(F)F)ccc1Cl. The summed E-state index contributed by atoms with van der Waals surface area (Å²) in [6.45, 7) is 0.541. The molecule has 0 unspecified atom stereocenters. The molecule has 2 aliphatic carbocycles. The molecular weight excluding hydrogens is 472 g/mol. The van der Waals surface area contributed by atoms with Crippen LogP contribution in [0.5, 0.6) is 0 Å². The topological polar surface area (TPSA) is 49.4 Å². The summed E-state index contributed by atoms with van der Waals surface area (Å²) in [5.41, 5.74) is -0.0864. The zero-order valence-corrected chi connectivity index (χ0v) is 19.0. The Balaban J connectivity index is 1.20. The van der Waals surface area contributed by atoms with Gasteiger partial charge in [0.2, 0.25) is 5.91 Å². The highest BCUT2D eigenvalue weighted by atomic mass is 35.5. The number of anilines is 1. The largest absolute Gasteiger partial charge is 0.416 e. The maximum Gasteiger partial charge on any atom is 0.416 e. The van der Waals surface area contributed by atoms with E-state index in [1.165, 1.54) is 12.1 Å². The fraction of sp³-hybridized carbons (Fsp3) is 0.440. The van der Waals surface area contributed by atoms with Gasteiger partial charge in [-0.1, -0.05) is 11.6 Å². The second kappa shape index (κ2) is 8.26. The fourth-order valence-electron chi connectivity index (χ4n) is 5.29. The van der Waals surface area contributed by atoms with Crippen molar-refractivity contribution in [3.05, 3.63) is 63.9 Å². The van der Waals surface area contributed by atoms with Crippen LogP contribution in [0.15, 0.2) is 36.4 Å². The third kappa shape index (κ3) is 4.06. The molecule has 180 valence electrons. The Labute approximate surface area is 199 Å². The number of nitrogens with zero attached hydrogens (tertiary/aromatic N) is 1. The van der Waals surface area contributed by atoms with Gasteiger partial charge >= 0.3 is 6.18 Å².